The molecule has 0 unspecified atom stereocenters. The van der Waals surface area contributed by atoms with Crippen molar-refractivity contribution >= 4 is 11.8 Å². The summed E-state index contributed by atoms with van der Waals surface area (Å²) < 4.78 is 24.2. The highest BCUT2D eigenvalue weighted by molar-refractivity contribution is 5.87. The molecule has 2 rings (SSSR count). The van der Waals surface area contributed by atoms with Gasteiger partial charge in [-0.05, 0) is 61.2 Å². The van der Waals surface area contributed by atoms with Crippen LogP contribution >= 0.6 is 0 Å². The number of halogens is 1. The number of carbonyl (C=O) groups excluding carboxylic acids is 2. The molecule has 6 nitrogen and oxygen atoms in total. The van der Waals surface area contributed by atoms with Crippen LogP contribution < -0.4 is 14.8 Å². The fraction of sp³-hybridized carbons (Fsp3) is 0.462. The molecule has 0 bridgehead atoms. The second kappa shape index (κ2) is 14.1. The Hall–Kier alpha value is -3.09. The third-order valence-corrected chi connectivity index (χ3v) is 5.34. The summed E-state index contributed by atoms with van der Waals surface area (Å²) in [6.45, 7) is 5.16. The van der Waals surface area contributed by atoms with Gasteiger partial charge >= 0.3 is 0 Å². The van der Waals surface area contributed by atoms with Gasteiger partial charge in [0, 0.05) is 19.5 Å². The number of nitrogens with zero attached hydrogens (tertiary/aromatic N) is 1. The molecule has 180 valence electrons. The zero-order chi connectivity index (χ0) is 24.1. The zero-order valence-electron chi connectivity index (χ0n) is 19.8. The molecule has 0 heterocycles. The standard InChI is InChI=1S/C26H35FN2O4/c1-4-6-17-28-26(31)24(5-2)29(19-20-9-11-21(27)12-10-20)25(30)8-7-18-33-23-15-13-22(32-3)14-16-23/h9-16,24H,4-8,17-19H2,1-3H3,(H,28,31)/t24-/m1/s1. The lowest BCUT2D eigenvalue weighted by atomic mass is 10.1. The molecule has 1 N–H and O–H groups in total. The topological polar surface area (TPSA) is 67.9 Å². The SMILES string of the molecule is CCCCNC(=O)[C@@H](CC)N(Cc1ccc(F)cc1)C(=O)CCCOc1ccc(OC)cc1. The number of amides is 2. The number of nitrogens with one attached hydrogen (secondary N) is 1. The normalized spacial score (nSPS) is 11.5. The van der Waals surface area contributed by atoms with E-state index in [0.717, 1.165) is 24.2 Å². The predicted octanol–water partition coefficient (Wildman–Crippen LogP) is 4.72. The molecular formula is C26H35FN2O4. The van der Waals surface area contributed by atoms with E-state index in [4.69, 9.17) is 9.47 Å². The second-order valence-electron chi connectivity index (χ2n) is 7.84. The third kappa shape index (κ3) is 8.75. The van der Waals surface area contributed by atoms with Crippen LogP contribution in [0.25, 0.3) is 0 Å². The Morgan fingerprint density at radius 3 is 2.27 bits per heavy atom. The first kappa shape index (κ1) is 26.2. The number of hydrogen-bond acceptors (Lipinski definition) is 4. The van der Waals surface area contributed by atoms with Gasteiger partial charge in [0.15, 0.2) is 0 Å². The summed E-state index contributed by atoms with van der Waals surface area (Å²) in [5.74, 6) is 0.827. The van der Waals surface area contributed by atoms with Gasteiger partial charge < -0.3 is 19.7 Å². The van der Waals surface area contributed by atoms with Gasteiger partial charge in [0.1, 0.15) is 23.4 Å². The van der Waals surface area contributed by atoms with Crippen LogP contribution in [-0.4, -0.2) is 43.0 Å². The van der Waals surface area contributed by atoms with Crippen molar-refractivity contribution in [2.45, 2.75) is 58.5 Å². The van der Waals surface area contributed by atoms with E-state index in [-0.39, 0.29) is 30.6 Å². The molecule has 33 heavy (non-hydrogen) atoms. The minimum absolute atomic E-state index is 0.129. The van der Waals surface area contributed by atoms with E-state index in [1.54, 1.807) is 24.1 Å². The highest BCUT2D eigenvalue weighted by Gasteiger charge is 2.28. The minimum Gasteiger partial charge on any atom is -0.497 e. The van der Waals surface area contributed by atoms with E-state index in [0.29, 0.717) is 31.7 Å². The number of hydrogen-bond donors (Lipinski definition) is 1. The van der Waals surface area contributed by atoms with Crippen molar-refractivity contribution in [2.75, 3.05) is 20.3 Å². The van der Waals surface area contributed by atoms with Crippen LogP contribution in [0.3, 0.4) is 0 Å². The van der Waals surface area contributed by atoms with Gasteiger partial charge in [-0.1, -0.05) is 32.4 Å². The van der Waals surface area contributed by atoms with Crippen LogP contribution in [0, 0.1) is 5.82 Å². The maximum atomic E-state index is 13.3. The van der Waals surface area contributed by atoms with E-state index in [9.17, 15) is 14.0 Å². The van der Waals surface area contributed by atoms with Crippen molar-refractivity contribution in [2.24, 2.45) is 0 Å². The molecule has 7 heteroatoms. The maximum Gasteiger partial charge on any atom is 0.242 e. The average Bonchev–Trinajstić information content (AvgIpc) is 2.83. The molecule has 0 aliphatic heterocycles. The van der Waals surface area contributed by atoms with Gasteiger partial charge in [0.05, 0.1) is 13.7 Å². The number of benzene rings is 2. The van der Waals surface area contributed by atoms with E-state index < -0.39 is 6.04 Å². The summed E-state index contributed by atoms with van der Waals surface area (Å²) in [5, 5.41) is 2.94. The molecule has 0 radical (unpaired) electrons. The molecule has 1 atom stereocenters. The third-order valence-electron chi connectivity index (χ3n) is 5.34. The number of rotatable bonds is 14. The number of unbranched alkanes of at least 4 members (excludes halogenated alkanes) is 1. The lowest BCUT2D eigenvalue weighted by Gasteiger charge is -2.30. The molecule has 2 aromatic carbocycles. The van der Waals surface area contributed by atoms with Gasteiger partial charge in [-0.15, -0.1) is 0 Å². The van der Waals surface area contributed by atoms with Crippen molar-refractivity contribution in [3.8, 4) is 11.5 Å². The Bertz CT molecular complexity index is 856. The van der Waals surface area contributed by atoms with E-state index in [2.05, 4.69) is 12.2 Å². The van der Waals surface area contributed by atoms with Gasteiger partial charge in [-0.2, -0.15) is 0 Å². The van der Waals surface area contributed by atoms with Crippen LogP contribution in [0.4, 0.5) is 4.39 Å². The van der Waals surface area contributed by atoms with Crippen molar-refractivity contribution < 1.29 is 23.5 Å². The molecule has 2 amide bonds. The fourth-order valence-corrected chi connectivity index (χ4v) is 3.44. The molecule has 0 aliphatic carbocycles. The molecule has 2 aromatic rings. The van der Waals surface area contributed by atoms with Crippen LogP contribution in [0.1, 0.15) is 51.5 Å². The summed E-state index contributed by atoms with van der Waals surface area (Å²) in [7, 11) is 1.60. The maximum absolute atomic E-state index is 13.3. The van der Waals surface area contributed by atoms with Crippen molar-refractivity contribution in [3.05, 3.63) is 59.9 Å². The molecular weight excluding hydrogens is 423 g/mol. The van der Waals surface area contributed by atoms with Crippen LogP contribution in [0.5, 0.6) is 11.5 Å². The Morgan fingerprint density at radius 2 is 1.67 bits per heavy atom. The van der Waals surface area contributed by atoms with Crippen molar-refractivity contribution in [3.63, 3.8) is 0 Å². The first-order chi connectivity index (χ1) is 16.0. The predicted molar refractivity (Wildman–Crippen MR) is 127 cm³/mol. The number of carbonyl (C=O) groups is 2. The number of methoxy groups -OCH3 is 1. The van der Waals surface area contributed by atoms with Gasteiger partial charge in [-0.3, -0.25) is 9.59 Å². The second-order valence-corrected chi connectivity index (χ2v) is 7.84. The Morgan fingerprint density at radius 1 is 1.00 bits per heavy atom. The fourth-order valence-electron chi connectivity index (χ4n) is 3.44. The van der Waals surface area contributed by atoms with Gasteiger partial charge in [0.2, 0.25) is 11.8 Å². The quantitative estimate of drug-likeness (QED) is 0.416. The van der Waals surface area contributed by atoms with Crippen molar-refractivity contribution in [1.82, 2.24) is 10.2 Å². The first-order valence-corrected chi connectivity index (χ1v) is 11.6. The summed E-state index contributed by atoms with van der Waals surface area (Å²) in [6.07, 6.45) is 3.11. The highest BCUT2D eigenvalue weighted by atomic mass is 19.1. The van der Waals surface area contributed by atoms with Crippen LogP contribution in [0.15, 0.2) is 48.5 Å². The molecule has 0 fully saturated rings. The van der Waals surface area contributed by atoms with Crippen LogP contribution in [-0.2, 0) is 16.1 Å². The molecule has 0 saturated heterocycles. The Balaban J connectivity index is 2.00. The summed E-state index contributed by atoms with van der Waals surface area (Å²) >= 11 is 0. The Labute approximate surface area is 196 Å². The molecule has 0 saturated carbocycles. The highest BCUT2D eigenvalue weighted by Crippen LogP contribution is 2.18. The number of ether oxygens (including phenoxy) is 2. The monoisotopic (exact) mass is 458 g/mol. The molecule has 0 aromatic heterocycles. The lowest BCUT2D eigenvalue weighted by molar-refractivity contribution is -0.141. The van der Waals surface area contributed by atoms with E-state index in [1.165, 1.54) is 12.1 Å². The first-order valence-electron chi connectivity index (χ1n) is 11.6. The minimum atomic E-state index is -0.582. The lowest BCUT2D eigenvalue weighted by Crippen LogP contribution is -2.49. The summed E-state index contributed by atoms with van der Waals surface area (Å²) in [5.41, 5.74) is 0.777. The smallest absolute Gasteiger partial charge is 0.242 e. The van der Waals surface area contributed by atoms with Gasteiger partial charge in [0.25, 0.3) is 0 Å². The van der Waals surface area contributed by atoms with Crippen molar-refractivity contribution in [1.29, 1.82) is 0 Å². The largest absolute Gasteiger partial charge is 0.497 e. The van der Waals surface area contributed by atoms with Crippen LogP contribution in [0.2, 0.25) is 0 Å². The molecule has 0 spiro atoms. The molecule has 0 aliphatic rings. The average molecular weight is 459 g/mol. The summed E-state index contributed by atoms with van der Waals surface area (Å²) in [6, 6.07) is 12.7. The van der Waals surface area contributed by atoms with E-state index in [1.807, 2.05) is 31.2 Å². The van der Waals surface area contributed by atoms with Gasteiger partial charge in [-0.25, -0.2) is 4.39 Å². The Kier molecular flexibility index (Phi) is 11.2. The summed E-state index contributed by atoms with van der Waals surface area (Å²) in [4.78, 5) is 27.5. The van der Waals surface area contributed by atoms with E-state index >= 15 is 0 Å². The zero-order valence-corrected chi connectivity index (χ0v) is 19.8.